The van der Waals surface area contributed by atoms with Crippen molar-refractivity contribution in [2.45, 2.75) is 0 Å². The van der Waals surface area contributed by atoms with Crippen molar-refractivity contribution in [2.24, 2.45) is 0 Å². The quantitative estimate of drug-likeness (QED) is 0.407. The van der Waals surface area contributed by atoms with E-state index in [1.165, 1.54) is 32.7 Å². The zero-order chi connectivity index (χ0) is 23.4. The number of benzene rings is 3. The van der Waals surface area contributed by atoms with E-state index < -0.39 is 0 Å². The van der Waals surface area contributed by atoms with E-state index in [1.54, 1.807) is 54.6 Å². The van der Waals surface area contributed by atoms with Crippen LogP contribution in [-0.2, 0) is 0 Å². The minimum atomic E-state index is -0.337. The number of methoxy groups -OCH3 is 3. The second-order valence-corrected chi connectivity index (χ2v) is 7.92. The maximum Gasteiger partial charge on any atom is 0.257 e. The molecule has 8 nitrogen and oxygen atoms in total. The van der Waals surface area contributed by atoms with Gasteiger partial charge in [0, 0.05) is 16.8 Å². The van der Waals surface area contributed by atoms with Crippen molar-refractivity contribution in [1.82, 2.24) is 4.98 Å². The van der Waals surface area contributed by atoms with Crippen molar-refractivity contribution in [1.29, 1.82) is 0 Å². The highest BCUT2D eigenvalue weighted by Crippen LogP contribution is 2.38. The predicted molar refractivity (Wildman–Crippen MR) is 128 cm³/mol. The summed E-state index contributed by atoms with van der Waals surface area (Å²) in [7, 11) is 4.48. The minimum Gasteiger partial charge on any atom is -0.493 e. The average Bonchev–Trinajstić information content (AvgIpc) is 3.24. The number of fused-ring (bicyclic) bond motifs is 1. The molecule has 1 heterocycles. The fourth-order valence-electron chi connectivity index (χ4n) is 3.23. The smallest absolute Gasteiger partial charge is 0.257 e. The monoisotopic (exact) mass is 463 g/mol. The van der Waals surface area contributed by atoms with Crippen molar-refractivity contribution >= 4 is 44.2 Å². The van der Waals surface area contributed by atoms with E-state index >= 15 is 0 Å². The van der Waals surface area contributed by atoms with Gasteiger partial charge in [0.1, 0.15) is 0 Å². The number of carbonyl (C=O) groups is 2. The van der Waals surface area contributed by atoms with Gasteiger partial charge < -0.3 is 19.5 Å². The molecule has 0 aliphatic heterocycles. The molecule has 4 rings (SSSR count). The summed E-state index contributed by atoms with van der Waals surface area (Å²) < 4.78 is 16.8. The highest BCUT2D eigenvalue weighted by atomic mass is 32.1. The molecule has 33 heavy (non-hydrogen) atoms. The molecule has 0 unspecified atom stereocenters. The number of hydrogen-bond acceptors (Lipinski definition) is 7. The lowest BCUT2D eigenvalue weighted by Crippen LogP contribution is -2.12. The van der Waals surface area contributed by atoms with Gasteiger partial charge in [-0.3, -0.25) is 14.9 Å². The molecule has 2 N–H and O–H groups in total. The minimum absolute atomic E-state index is 0.231. The van der Waals surface area contributed by atoms with E-state index in [0.717, 1.165) is 4.70 Å². The van der Waals surface area contributed by atoms with Gasteiger partial charge in [-0.15, -0.1) is 0 Å². The third-order valence-corrected chi connectivity index (χ3v) is 5.76. The predicted octanol–water partition coefficient (Wildman–Crippen LogP) is 4.83. The second kappa shape index (κ2) is 9.58. The van der Waals surface area contributed by atoms with Crippen molar-refractivity contribution in [3.05, 3.63) is 71.8 Å². The van der Waals surface area contributed by atoms with Crippen LogP contribution in [0.1, 0.15) is 20.7 Å². The van der Waals surface area contributed by atoms with Crippen LogP contribution in [0.2, 0.25) is 0 Å². The number of anilines is 2. The van der Waals surface area contributed by atoms with E-state index in [4.69, 9.17) is 14.2 Å². The van der Waals surface area contributed by atoms with Gasteiger partial charge in [0.15, 0.2) is 16.6 Å². The zero-order valence-electron chi connectivity index (χ0n) is 18.2. The van der Waals surface area contributed by atoms with Crippen molar-refractivity contribution < 1.29 is 23.8 Å². The van der Waals surface area contributed by atoms with Crippen LogP contribution in [0.4, 0.5) is 10.8 Å². The Kier molecular flexibility index (Phi) is 6.41. The number of aromatic nitrogens is 1. The van der Waals surface area contributed by atoms with Gasteiger partial charge in [-0.1, -0.05) is 29.5 Å². The highest BCUT2D eigenvalue weighted by molar-refractivity contribution is 7.22. The van der Waals surface area contributed by atoms with Crippen LogP contribution < -0.4 is 24.8 Å². The molecule has 0 aliphatic carbocycles. The summed E-state index contributed by atoms with van der Waals surface area (Å²) in [5, 5.41) is 6.16. The lowest BCUT2D eigenvalue weighted by molar-refractivity contribution is 0.101. The Bertz CT molecular complexity index is 1300. The summed E-state index contributed by atoms with van der Waals surface area (Å²) >= 11 is 1.32. The molecule has 0 saturated heterocycles. The van der Waals surface area contributed by atoms with Gasteiger partial charge in [0.2, 0.25) is 5.75 Å². The Labute approximate surface area is 194 Å². The van der Waals surface area contributed by atoms with Crippen LogP contribution in [0.3, 0.4) is 0 Å². The van der Waals surface area contributed by atoms with E-state index in [2.05, 4.69) is 15.6 Å². The van der Waals surface area contributed by atoms with Crippen molar-refractivity contribution in [3.63, 3.8) is 0 Å². The molecule has 2 amide bonds. The summed E-state index contributed by atoms with van der Waals surface area (Å²) in [6.45, 7) is 0. The maximum atomic E-state index is 12.9. The summed E-state index contributed by atoms with van der Waals surface area (Å²) in [6, 6.07) is 17.4. The summed E-state index contributed by atoms with van der Waals surface area (Å²) in [5.41, 5.74) is 2.21. The first-order chi connectivity index (χ1) is 16.0. The topological polar surface area (TPSA) is 98.8 Å². The highest BCUT2D eigenvalue weighted by Gasteiger charge is 2.17. The van der Waals surface area contributed by atoms with Gasteiger partial charge in [-0.2, -0.15) is 0 Å². The molecule has 9 heteroatoms. The lowest BCUT2D eigenvalue weighted by atomic mass is 10.1. The molecule has 0 aliphatic rings. The number of ether oxygens (including phenoxy) is 3. The first kappa shape index (κ1) is 22.1. The van der Waals surface area contributed by atoms with Crippen LogP contribution in [0.25, 0.3) is 10.2 Å². The number of carbonyl (C=O) groups excluding carboxylic acids is 2. The van der Waals surface area contributed by atoms with Crippen molar-refractivity contribution in [3.8, 4) is 17.2 Å². The Morgan fingerprint density at radius 1 is 0.788 bits per heavy atom. The maximum absolute atomic E-state index is 12.9. The largest absolute Gasteiger partial charge is 0.493 e. The van der Waals surface area contributed by atoms with E-state index in [9.17, 15) is 9.59 Å². The summed E-state index contributed by atoms with van der Waals surface area (Å²) in [4.78, 5) is 29.7. The number of thiazole rings is 1. The van der Waals surface area contributed by atoms with Crippen LogP contribution in [0.15, 0.2) is 60.7 Å². The van der Waals surface area contributed by atoms with Gasteiger partial charge in [0.05, 0.1) is 31.5 Å². The molecule has 0 atom stereocenters. The number of nitrogens with zero attached hydrogens (tertiary/aromatic N) is 1. The summed E-state index contributed by atoms with van der Waals surface area (Å²) in [5.74, 6) is 0.617. The Morgan fingerprint density at radius 3 is 2.09 bits per heavy atom. The Hall–Kier alpha value is -4.11. The van der Waals surface area contributed by atoms with Crippen LogP contribution >= 0.6 is 11.3 Å². The molecule has 4 aromatic rings. The molecule has 0 saturated carbocycles. The fraction of sp³-hybridized carbons (Fsp3) is 0.125. The SMILES string of the molecule is COc1cc(C(=O)Nc2ccc3nc(NC(=O)c4ccccc4)sc3c2)cc(OC)c1OC. The van der Waals surface area contributed by atoms with Gasteiger partial charge in [-0.05, 0) is 42.5 Å². The van der Waals surface area contributed by atoms with Crippen LogP contribution in [-0.4, -0.2) is 38.1 Å². The molecule has 0 radical (unpaired) electrons. The molecular formula is C24H21N3O5S. The molecular weight excluding hydrogens is 442 g/mol. The third kappa shape index (κ3) is 4.73. The second-order valence-electron chi connectivity index (χ2n) is 6.89. The average molecular weight is 464 g/mol. The van der Waals surface area contributed by atoms with E-state index in [1.807, 2.05) is 6.07 Å². The van der Waals surface area contributed by atoms with Crippen LogP contribution in [0, 0.1) is 0 Å². The molecule has 168 valence electrons. The molecule has 3 aromatic carbocycles. The number of hydrogen-bond donors (Lipinski definition) is 2. The number of amides is 2. The molecule has 1 aromatic heterocycles. The van der Waals surface area contributed by atoms with E-state index in [0.29, 0.717) is 44.7 Å². The normalized spacial score (nSPS) is 10.5. The first-order valence-corrected chi connectivity index (χ1v) is 10.7. The van der Waals surface area contributed by atoms with Crippen LogP contribution in [0.5, 0.6) is 17.2 Å². The zero-order valence-corrected chi connectivity index (χ0v) is 19.0. The van der Waals surface area contributed by atoms with E-state index in [-0.39, 0.29) is 11.8 Å². The molecule has 0 fully saturated rings. The van der Waals surface area contributed by atoms with Gasteiger partial charge >= 0.3 is 0 Å². The standard InChI is InChI=1S/C24H21N3O5S/c1-30-18-11-15(12-19(31-2)21(18)32-3)23(29)25-16-9-10-17-20(13-16)33-24(26-17)27-22(28)14-7-5-4-6-8-14/h4-13H,1-3H3,(H,25,29)(H,26,27,28). The molecule has 0 spiro atoms. The first-order valence-electron chi connectivity index (χ1n) is 9.90. The lowest BCUT2D eigenvalue weighted by Gasteiger charge is -2.14. The molecule has 0 bridgehead atoms. The fourth-order valence-corrected chi connectivity index (χ4v) is 4.13. The number of nitrogens with one attached hydrogen (secondary N) is 2. The Morgan fingerprint density at radius 2 is 1.45 bits per heavy atom. The third-order valence-electron chi connectivity index (χ3n) is 4.83. The number of rotatable bonds is 7. The summed E-state index contributed by atoms with van der Waals surface area (Å²) in [6.07, 6.45) is 0. The van der Waals surface area contributed by atoms with Gasteiger partial charge in [-0.25, -0.2) is 4.98 Å². The van der Waals surface area contributed by atoms with Crippen molar-refractivity contribution in [2.75, 3.05) is 32.0 Å². The van der Waals surface area contributed by atoms with Gasteiger partial charge in [0.25, 0.3) is 11.8 Å². The Balaban J connectivity index is 1.53.